The minimum Gasteiger partial charge on any atom is -0.497 e. The maximum absolute atomic E-state index is 12.2. The maximum atomic E-state index is 12.2. The fourth-order valence-corrected chi connectivity index (χ4v) is 2.36. The van der Waals surface area contributed by atoms with Crippen molar-refractivity contribution in [2.45, 2.75) is 0 Å². The molecule has 0 fully saturated rings. The normalized spacial score (nSPS) is 10.4. The Balaban J connectivity index is 1.92. The van der Waals surface area contributed by atoms with Gasteiger partial charge in [-0.3, -0.25) is 10.1 Å². The summed E-state index contributed by atoms with van der Waals surface area (Å²) in [5.41, 5.74) is -0.377. The molecule has 3 rings (SSSR count). The Morgan fingerprint density at radius 1 is 0.958 bits per heavy atom. The number of hydrogen-bond donors (Lipinski definition) is 0. The first-order chi connectivity index (χ1) is 11.6. The molecular weight excluding hydrogens is 310 g/mol. The number of esters is 1. The van der Waals surface area contributed by atoms with Gasteiger partial charge in [0.15, 0.2) is 0 Å². The van der Waals surface area contributed by atoms with Crippen LogP contribution in [0.2, 0.25) is 0 Å². The van der Waals surface area contributed by atoms with Crippen molar-refractivity contribution in [2.24, 2.45) is 0 Å². The number of fused-ring (bicyclic) bond motifs is 1. The van der Waals surface area contributed by atoms with Crippen molar-refractivity contribution in [2.75, 3.05) is 7.11 Å². The van der Waals surface area contributed by atoms with Crippen LogP contribution in [-0.4, -0.2) is 18.0 Å². The van der Waals surface area contributed by atoms with E-state index in [1.54, 1.807) is 31.4 Å². The number of benzene rings is 3. The molecule has 24 heavy (non-hydrogen) atoms. The van der Waals surface area contributed by atoms with Gasteiger partial charge in [-0.1, -0.05) is 24.3 Å². The van der Waals surface area contributed by atoms with E-state index in [9.17, 15) is 14.9 Å². The number of hydrogen-bond acceptors (Lipinski definition) is 5. The molecular formula is C18H13NO5. The second-order valence-corrected chi connectivity index (χ2v) is 5.04. The van der Waals surface area contributed by atoms with Crippen molar-refractivity contribution in [3.63, 3.8) is 0 Å². The van der Waals surface area contributed by atoms with Crippen molar-refractivity contribution in [1.29, 1.82) is 0 Å². The SMILES string of the molecule is COc1ccc2ccc(OC(=O)c3ccccc3[N+](=O)[O-])cc2c1. The molecule has 3 aromatic carbocycles. The monoisotopic (exact) mass is 323 g/mol. The lowest BCUT2D eigenvalue weighted by Crippen LogP contribution is -2.10. The molecule has 0 aromatic heterocycles. The van der Waals surface area contributed by atoms with Gasteiger partial charge in [0, 0.05) is 6.07 Å². The van der Waals surface area contributed by atoms with Gasteiger partial charge in [0.2, 0.25) is 0 Å². The van der Waals surface area contributed by atoms with Gasteiger partial charge in [-0.15, -0.1) is 0 Å². The van der Waals surface area contributed by atoms with E-state index in [1.165, 1.54) is 18.2 Å². The molecule has 0 atom stereocenters. The van der Waals surface area contributed by atoms with Crippen LogP contribution in [-0.2, 0) is 0 Å². The number of nitrogens with zero attached hydrogens (tertiary/aromatic N) is 1. The largest absolute Gasteiger partial charge is 0.497 e. The quantitative estimate of drug-likeness (QED) is 0.314. The fourth-order valence-electron chi connectivity index (χ4n) is 2.36. The molecule has 0 spiro atoms. The van der Waals surface area contributed by atoms with E-state index in [2.05, 4.69) is 0 Å². The number of nitro benzene ring substituents is 1. The fraction of sp³-hybridized carbons (Fsp3) is 0.0556. The lowest BCUT2D eigenvalue weighted by Gasteiger charge is -2.07. The van der Waals surface area contributed by atoms with Gasteiger partial charge in [0.05, 0.1) is 12.0 Å². The number of ether oxygens (including phenoxy) is 2. The zero-order valence-corrected chi connectivity index (χ0v) is 12.8. The molecule has 0 radical (unpaired) electrons. The average Bonchev–Trinajstić information content (AvgIpc) is 2.61. The predicted octanol–water partition coefficient (Wildman–Crippen LogP) is 3.98. The van der Waals surface area contributed by atoms with Crippen LogP contribution in [0, 0.1) is 10.1 Å². The van der Waals surface area contributed by atoms with Crippen molar-refractivity contribution in [1.82, 2.24) is 0 Å². The summed E-state index contributed by atoms with van der Waals surface area (Å²) in [5.74, 6) is 0.216. The Hall–Kier alpha value is -3.41. The molecule has 0 bridgehead atoms. The van der Waals surface area contributed by atoms with E-state index in [-0.39, 0.29) is 11.3 Å². The van der Waals surface area contributed by atoms with Crippen LogP contribution in [0.25, 0.3) is 10.8 Å². The minimum absolute atomic E-state index is 0.0896. The number of nitro groups is 1. The molecule has 0 unspecified atom stereocenters. The van der Waals surface area contributed by atoms with Crippen LogP contribution in [0.15, 0.2) is 60.7 Å². The third-order valence-corrected chi connectivity index (χ3v) is 3.55. The summed E-state index contributed by atoms with van der Waals surface area (Å²) in [5, 5.41) is 12.8. The smallest absolute Gasteiger partial charge is 0.350 e. The zero-order valence-electron chi connectivity index (χ0n) is 12.8. The molecule has 0 saturated heterocycles. The first-order valence-electron chi connectivity index (χ1n) is 7.12. The molecule has 3 aromatic rings. The Morgan fingerprint density at radius 3 is 2.33 bits per heavy atom. The van der Waals surface area contributed by atoms with Crippen molar-refractivity contribution < 1.29 is 19.2 Å². The van der Waals surface area contributed by atoms with Crippen LogP contribution in [0.3, 0.4) is 0 Å². The Morgan fingerprint density at radius 2 is 1.62 bits per heavy atom. The van der Waals surface area contributed by atoms with Crippen molar-refractivity contribution in [3.05, 3.63) is 76.3 Å². The first-order valence-corrected chi connectivity index (χ1v) is 7.12. The zero-order chi connectivity index (χ0) is 17.1. The highest BCUT2D eigenvalue weighted by Gasteiger charge is 2.21. The molecule has 6 heteroatoms. The summed E-state index contributed by atoms with van der Waals surface area (Å²) in [4.78, 5) is 22.6. The molecule has 0 N–H and O–H groups in total. The molecule has 0 aliphatic heterocycles. The summed E-state index contributed by atoms with van der Waals surface area (Å²) in [6.07, 6.45) is 0. The van der Waals surface area contributed by atoms with Crippen molar-refractivity contribution in [3.8, 4) is 11.5 Å². The van der Waals surface area contributed by atoms with E-state index in [4.69, 9.17) is 9.47 Å². The molecule has 0 heterocycles. The van der Waals surface area contributed by atoms with Crippen LogP contribution >= 0.6 is 0 Å². The Kier molecular flexibility index (Phi) is 4.11. The highest BCUT2D eigenvalue weighted by atomic mass is 16.6. The Bertz CT molecular complexity index is 936. The third-order valence-electron chi connectivity index (χ3n) is 3.55. The summed E-state index contributed by atoms with van der Waals surface area (Å²) in [6, 6.07) is 16.3. The topological polar surface area (TPSA) is 78.7 Å². The van der Waals surface area contributed by atoms with Crippen molar-refractivity contribution >= 4 is 22.4 Å². The van der Waals surface area contributed by atoms with Crippen LogP contribution < -0.4 is 9.47 Å². The summed E-state index contributed by atoms with van der Waals surface area (Å²) in [6.45, 7) is 0. The summed E-state index contributed by atoms with van der Waals surface area (Å²) < 4.78 is 10.5. The van der Waals surface area contributed by atoms with E-state index >= 15 is 0 Å². The van der Waals surface area contributed by atoms with Crippen LogP contribution in [0.5, 0.6) is 11.5 Å². The molecule has 120 valence electrons. The number of carbonyl (C=O) groups excluding carboxylic acids is 1. The van der Waals surface area contributed by atoms with E-state index < -0.39 is 10.9 Å². The van der Waals surface area contributed by atoms with E-state index in [0.717, 1.165) is 10.8 Å². The number of carbonyl (C=O) groups is 1. The maximum Gasteiger partial charge on any atom is 0.350 e. The van der Waals surface area contributed by atoms with E-state index in [0.29, 0.717) is 11.5 Å². The second-order valence-electron chi connectivity index (χ2n) is 5.04. The van der Waals surface area contributed by atoms with Gasteiger partial charge in [-0.05, 0) is 41.1 Å². The van der Waals surface area contributed by atoms with Crippen LogP contribution in [0.1, 0.15) is 10.4 Å². The third kappa shape index (κ3) is 3.03. The summed E-state index contributed by atoms with van der Waals surface area (Å²) >= 11 is 0. The highest BCUT2D eigenvalue weighted by Crippen LogP contribution is 2.26. The molecule has 0 aliphatic rings. The van der Waals surface area contributed by atoms with Gasteiger partial charge in [0.1, 0.15) is 17.1 Å². The number of para-hydroxylation sites is 1. The molecule has 0 aliphatic carbocycles. The lowest BCUT2D eigenvalue weighted by atomic mass is 10.1. The van der Waals surface area contributed by atoms with E-state index in [1.807, 2.05) is 18.2 Å². The first kappa shape index (κ1) is 15.5. The molecule has 0 amide bonds. The molecule has 0 saturated carbocycles. The van der Waals surface area contributed by atoms with Gasteiger partial charge in [-0.25, -0.2) is 4.79 Å². The lowest BCUT2D eigenvalue weighted by molar-refractivity contribution is -0.385. The molecule has 6 nitrogen and oxygen atoms in total. The van der Waals surface area contributed by atoms with Gasteiger partial charge < -0.3 is 9.47 Å². The Labute approximate surface area is 137 Å². The summed E-state index contributed by atoms with van der Waals surface area (Å²) in [7, 11) is 1.57. The van der Waals surface area contributed by atoms with Crippen LogP contribution in [0.4, 0.5) is 5.69 Å². The predicted molar refractivity (Wildman–Crippen MR) is 88.6 cm³/mol. The van der Waals surface area contributed by atoms with Gasteiger partial charge in [0.25, 0.3) is 5.69 Å². The standard InChI is InChI=1S/C18H13NO5/c1-23-14-8-6-12-7-9-15(11-13(12)10-14)24-18(20)16-4-2-3-5-17(16)19(21)22/h2-11H,1H3. The van der Waals surface area contributed by atoms with Gasteiger partial charge in [-0.2, -0.15) is 0 Å². The minimum atomic E-state index is -0.774. The number of rotatable bonds is 4. The average molecular weight is 323 g/mol. The number of methoxy groups -OCH3 is 1. The highest BCUT2D eigenvalue weighted by molar-refractivity contribution is 5.96. The second kappa shape index (κ2) is 6.37. The van der Waals surface area contributed by atoms with Gasteiger partial charge >= 0.3 is 5.97 Å².